The van der Waals surface area contributed by atoms with Gasteiger partial charge in [-0.2, -0.15) is 13.2 Å². The molecule has 1 aromatic heterocycles. The number of fused-ring (bicyclic) bond motifs is 1. The number of carboxylic acids is 1. The van der Waals surface area contributed by atoms with E-state index in [1.54, 1.807) is 0 Å². The van der Waals surface area contributed by atoms with Gasteiger partial charge in [-0.05, 0) is 31.2 Å². The number of benzene rings is 1. The fourth-order valence-electron chi connectivity index (χ4n) is 2.26. The molecule has 0 aliphatic carbocycles. The van der Waals surface area contributed by atoms with Crippen molar-refractivity contribution < 1.29 is 27.9 Å². The summed E-state index contributed by atoms with van der Waals surface area (Å²) in [4.78, 5) is 24.0. The van der Waals surface area contributed by atoms with Gasteiger partial charge in [0.2, 0.25) is 0 Å². The average molecular weight is 378 g/mol. The molecule has 25 heavy (non-hydrogen) atoms. The first-order valence-corrected chi connectivity index (χ1v) is 7.64. The standard InChI is InChI=1S/C13H14ClN3O.C2HF3O2/c14-9-2-1-8-5-12(17-11(8)6-9)13(18)16-10-3-4-15-7-10;3-2(4,5)1(6)7/h1-2,5-6,10,15,17H,3-4,7H2,(H,16,18);(H,6,7)/t10-;/m0./s1. The normalized spacial score (nSPS) is 17.0. The summed E-state index contributed by atoms with van der Waals surface area (Å²) < 4.78 is 31.7. The molecule has 0 bridgehead atoms. The Balaban J connectivity index is 0.000000277. The summed E-state index contributed by atoms with van der Waals surface area (Å²) in [7, 11) is 0. The molecule has 0 spiro atoms. The summed E-state index contributed by atoms with van der Waals surface area (Å²) in [6, 6.07) is 7.63. The Morgan fingerprint density at radius 3 is 2.52 bits per heavy atom. The Morgan fingerprint density at radius 1 is 1.28 bits per heavy atom. The molecule has 2 aromatic rings. The molecule has 2 heterocycles. The number of hydrogen-bond acceptors (Lipinski definition) is 3. The van der Waals surface area contributed by atoms with Crippen molar-refractivity contribution in [3.05, 3.63) is 35.0 Å². The lowest BCUT2D eigenvalue weighted by atomic mass is 10.2. The van der Waals surface area contributed by atoms with E-state index in [1.807, 2.05) is 24.3 Å². The number of carbonyl (C=O) groups is 2. The molecule has 10 heteroatoms. The number of halogens is 4. The van der Waals surface area contributed by atoms with Gasteiger partial charge in [0.05, 0.1) is 0 Å². The van der Waals surface area contributed by atoms with Gasteiger partial charge < -0.3 is 20.7 Å². The minimum Gasteiger partial charge on any atom is -0.475 e. The molecule has 1 saturated heterocycles. The van der Waals surface area contributed by atoms with Crippen molar-refractivity contribution in [3.63, 3.8) is 0 Å². The Morgan fingerprint density at radius 2 is 1.96 bits per heavy atom. The van der Waals surface area contributed by atoms with E-state index >= 15 is 0 Å². The van der Waals surface area contributed by atoms with Crippen molar-refractivity contribution in [3.8, 4) is 0 Å². The number of aromatic amines is 1. The number of nitrogens with one attached hydrogen (secondary N) is 3. The third-order valence-corrected chi connectivity index (χ3v) is 3.70. The highest BCUT2D eigenvalue weighted by Gasteiger charge is 2.38. The van der Waals surface area contributed by atoms with E-state index in [9.17, 15) is 18.0 Å². The molecule has 3 rings (SSSR count). The minimum absolute atomic E-state index is 0.0592. The summed E-state index contributed by atoms with van der Waals surface area (Å²) in [5, 5.41) is 15.0. The van der Waals surface area contributed by atoms with Gasteiger partial charge in [0.1, 0.15) is 5.69 Å². The number of carbonyl (C=O) groups excluding carboxylic acids is 1. The first-order chi connectivity index (χ1) is 11.7. The van der Waals surface area contributed by atoms with Gasteiger partial charge in [-0.3, -0.25) is 4.79 Å². The van der Waals surface area contributed by atoms with E-state index in [2.05, 4.69) is 15.6 Å². The summed E-state index contributed by atoms with van der Waals surface area (Å²) >= 11 is 5.92. The fraction of sp³-hybridized carbons (Fsp3) is 0.333. The van der Waals surface area contributed by atoms with Crippen LogP contribution in [0.4, 0.5) is 13.2 Å². The molecular weight excluding hydrogens is 363 g/mol. The van der Waals surface area contributed by atoms with Gasteiger partial charge in [0, 0.05) is 28.5 Å². The first kappa shape index (κ1) is 19.1. The fourth-order valence-corrected chi connectivity index (χ4v) is 2.43. The van der Waals surface area contributed by atoms with Crippen LogP contribution >= 0.6 is 11.6 Å². The molecule has 1 aromatic carbocycles. The monoisotopic (exact) mass is 377 g/mol. The zero-order chi connectivity index (χ0) is 18.6. The maximum absolute atomic E-state index is 12.1. The van der Waals surface area contributed by atoms with Crippen molar-refractivity contribution in [2.24, 2.45) is 0 Å². The van der Waals surface area contributed by atoms with E-state index < -0.39 is 12.1 Å². The van der Waals surface area contributed by atoms with E-state index in [4.69, 9.17) is 21.5 Å². The smallest absolute Gasteiger partial charge is 0.475 e. The van der Waals surface area contributed by atoms with E-state index in [0.717, 1.165) is 30.4 Å². The van der Waals surface area contributed by atoms with Crippen molar-refractivity contribution >= 4 is 34.4 Å². The summed E-state index contributed by atoms with van der Waals surface area (Å²) in [6.07, 6.45) is -4.10. The molecule has 1 atom stereocenters. The zero-order valence-electron chi connectivity index (χ0n) is 12.8. The topological polar surface area (TPSA) is 94.2 Å². The van der Waals surface area contributed by atoms with Crippen molar-refractivity contribution in [2.75, 3.05) is 13.1 Å². The molecule has 0 unspecified atom stereocenters. The number of hydrogen-bond donors (Lipinski definition) is 4. The lowest BCUT2D eigenvalue weighted by Gasteiger charge is -2.09. The Bertz CT molecular complexity index is 770. The molecular formula is C15H15ClF3N3O3. The maximum Gasteiger partial charge on any atom is 0.490 e. The molecule has 136 valence electrons. The second kappa shape index (κ2) is 7.75. The Kier molecular flexibility index (Phi) is 5.91. The minimum atomic E-state index is -5.08. The highest BCUT2D eigenvalue weighted by Crippen LogP contribution is 2.20. The predicted octanol–water partition coefficient (Wildman–Crippen LogP) is 2.55. The van der Waals surface area contributed by atoms with Crippen LogP contribution in [0.3, 0.4) is 0 Å². The SMILES string of the molecule is O=C(N[C@H]1CCNC1)c1cc2ccc(Cl)cc2[nH]1.O=C(O)C(F)(F)F. The van der Waals surface area contributed by atoms with Crippen molar-refractivity contribution in [1.29, 1.82) is 0 Å². The highest BCUT2D eigenvalue weighted by molar-refractivity contribution is 6.31. The van der Waals surface area contributed by atoms with Crippen LogP contribution < -0.4 is 10.6 Å². The third kappa shape index (κ3) is 5.36. The van der Waals surface area contributed by atoms with Gasteiger partial charge in [-0.25, -0.2) is 4.79 Å². The summed E-state index contributed by atoms with van der Waals surface area (Å²) in [5.74, 6) is -2.82. The maximum atomic E-state index is 12.1. The average Bonchev–Trinajstić information content (AvgIpc) is 3.15. The molecule has 6 nitrogen and oxygen atoms in total. The number of alkyl halides is 3. The van der Waals surface area contributed by atoms with Crippen LogP contribution in [-0.2, 0) is 4.79 Å². The van der Waals surface area contributed by atoms with E-state index in [-0.39, 0.29) is 11.9 Å². The lowest BCUT2D eigenvalue weighted by molar-refractivity contribution is -0.192. The van der Waals surface area contributed by atoms with Crippen LogP contribution in [0.5, 0.6) is 0 Å². The first-order valence-electron chi connectivity index (χ1n) is 7.27. The van der Waals surface area contributed by atoms with Gasteiger partial charge in [-0.1, -0.05) is 17.7 Å². The number of H-pyrrole nitrogens is 1. The van der Waals surface area contributed by atoms with Crippen LogP contribution in [0.15, 0.2) is 24.3 Å². The van der Waals surface area contributed by atoms with Crippen LogP contribution in [0.25, 0.3) is 10.9 Å². The van der Waals surface area contributed by atoms with Gasteiger partial charge in [-0.15, -0.1) is 0 Å². The van der Waals surface area contributed by atoms with Crippen molar-refractivity contribution in [2.45, 2.75) is 18.6 Å². The molecule has 0 saturated carbocycles. The molecule has 1 aliphatic heterocycles. The number of aromatic nitrogens is 1. The Labute approximate surface area is 145 Å². The Hall–Kier alpha value is -2.26. The van der Waals surface area contributed by atoms with Crippen LogP contribution in [0.1, 0.15) is 16.9 Å². The zero-order valence-corrected chi connectivity index (χ0v) is 13.5. The highest BCUT2D eigenvalue weighted by atomic mass is 35.5. The summed E-state index contributed by atoms with van der Waals surface area (Å²) in [5.41, 5.74) is 1.47. The van der Waals surface area contributed by atoms with Crippen LogP contribution in [0, 0.1) is 0 Å². The van der Waals surface area contributed by atoms with Crippen LogP contribution in [-0.4, -0.2) is 47.3 Å². The predicted molar refractivity (Wildman–Crippen MR) is 85.7 cm³/mol. The van der Waals surface area contributed by atoms with Gasteiger partial charge in [0.25, 0.3) is 5.91 Å². The molecule has 1 aliphatic rings. The number of rotatable bonds is 2. The second-order valence-corrected chi connectivity index (χ2v) is 5.82. The second-order valence-electron chi connectivity index (χ2n) is 5.38. The van der Waals surface area contributed by atoms with Gasteiger partial charge in [0.15, 0.2) is 0 Å². The molecule has 1 fully saturated rings. The van der Waals surface area contributed by atoms with Crippen molar-refractivity contribution in [1.82, 2.24) is 15.6 Å². The summed E-state index contributed by atoms with van der Waals surface area (Å²) in [6.45, 7) is 1.81. The third-order valence-electron chi connectivity index (χ3n) is 3.47. The number of amides is 1. The van der Waals surface area contributed by atoms with Gasteiger partial charge >= 0.3 is 12.1 Å². The number of aliphatic carboxylic acids is 1. The lowest BCUT2D eigenvalue weighted by Crippen LogP contribution is -2.36. The molecule has 0 radical (unpaired) electrons. The number of carboxylic acid groups (broad SMARTS) is 1. The quantitative estimate of drug-likeness (QED) is 0.647. The van der Waals surface area contributed by atoms with E-state index in [1.165, 1.54) is 0 Å². The molecule has 1 amide bonds. The largest absolute Gasteiger partial charge is 0.490 e. The molecule has 4 N–H and O–H groups in total. The van der Waals surface area contributed by atoms with E-state index in [0.29, 0.717) is 10.7 Å². The van der Waals surface area contributed by atoms with Crippen LogP contribution in [0.2, 0.25) is 5.02 Å².